The first-order chi connectivity index (χ1) is 15.3. The highest BCUT2D eigenvalue weighted by Crippen LogP contribution is 2.41. The third kappa shape index (κ3) is 3.88. The number of aromatic nitrogens is 1. The normalized spacial score (nSPS) is 17.6. The number of nitro benzene ring substituents is 1. The van der Waals surface area contributed by atoms with E-state index in [1.807, 2.05) is 0 Å². The zero-order chi connectivity index (χ0) is 23.0. The Balaban J connectivity index is 1.92. The smallest absolute Gasteiger partial charge is 0.382 e. The number of amides is 1. The monoisotopic (exact) mass is 514 g/mol. The molecular formula is C22H14BrClN3O5+. The van der Waals surface area contributed by atoms with Crippen molar-refractivity contribution in [3.05, 3.63) is 103 Å². The second-order valence-corrected chi connectivity index (χ2v) is 8.27. The molecule has 1 saturated heterocycles. The van der Waals surface area contributed by atoms with E-state index in [1.54, 1.807) is 30.5 Å². The van der Waals surface area contributed by atoms with Crippen molar-refractivity contribution in [3.63, 3.8) is 0 Å². The molecule has 0 saturated carbocycles. The Hall–Kier alpha value is -3.56. The summed E-state index contributed by atoms with van der Waals surface area (Å²) in [4.78, 5) is 40.7. The third-order valence-electron chi connectivity index (χ3n) is 5.00. The van der Waals surface area contributed by atoms with Crippen LogP contribution in [-0.2, 0) is 9.59 Å². The maximum Gasteiger partial charge on any atom is 0.382 e. The lowest BCUT2D eigenvalue weighted by molar-refractivity contribution is -0.384. The summed E-state index contributed by atoms with van der Waals surface area (Å²) in [5.74, 6) is -1.78. The quantitative estimate of drug-likeness (QED) is 0.181. The molecule has 2 heterocycles. The molecule has 1 aliphatic heterocycles. The lowest BCUT2D eigenvalue weighted by Crippen LogP contribution is -2.34. The van der Waals surface area contributed by atoms with Crippen LogP contribution in [0.15, 0.2) is 76.9 Å². The van der Waals surface area contributed by atoms with Gasteiger partial charge in [0.05, 0.1) is 15.0 Å². The van der Waals surface area contributed by atoms with Crippen molar-refractivity contribution in [3.8, 4) is 0 Å². The van der Waals surface area contributed by atoms with Gasteiger partial charge in [-0.1, -0.05) is 11.6 Å². The van der Waals surface area contributed by atoms with Crippen LogP contribution in [-0.4, -0.2) is 21.7 Å². The molecule has 8 nitrogen and oxygen atoms in total. The van der Waals surface area contributed by atoms with Gasteiger partial charge in [0.2, 0.25) is 0 Å². The minimum atomic E-state index is -1.01. The number of aliphatic hydroxyl groups excluding tert-OH is 1. The number of hydrogen-bond donors (Lipinski definition) is 1. The van der Waals surface area contributed by atoms with Gasteiger partial charge in [0.15, 0.2) is 6.04 Å². The van der Waals surface area contributed by atoms with Crippen LogP contribution in [0.25, 0.3) is 5.76 Å². The molecule has 1 amide bonds. The molecule has 0 bridgehead atoms. The van der Waals surface area contributed by atoms with E-state index in [-0.39, 0.29) is 17.0 Å². The molecule has 3 aromatic rings. The summed E-state index contributed by atoms with van der Waals surface area (Å²) in [6.07, 6.45) is 1.60. The van der Waals surface area contributed by atoms with Crippen LogP contribution < -0.4 is 9.88 Å². The number of H-pyrrole nitrogens is 1. The van der Waals surface area contributed by atoms with Crippen LogP contribution in [0.4, 0.5) is 11.5 Å². The van der Waals surface area contributed by atoms with Crippen molar-refractivity contribution >= 4 is 56.5 Å². The fraction of sp³-hybridized carbons (Fsp3) is 0.0455. The molecule has 1 unspecified atom stereocenters. The summed E-state index contributed by atoms with van der Waals surface area (Å²) < 4.78 is 0.728. The minimum absolute atomic E-state index is 0.137. The van der Waals surface area contributed by atoms with E-state index in [0.29, 0.717) is 22.0 Å². The van der Waals surface area contributed by atoms with Gasteiger partial charge in [-0.15, -0.1) is 0 Å². The molecule has 0 spiro atoms. The first-order valence-corrected chi connectivity index (χ1v) is 10.4. The summed E-state index contributed by atoms with van der Waals surface area (Å²) in [5, 5.41) is 22.5. The van der Waals surface area contributed by atoms with Crippen molar-refractivity contribution < 1.29 is 24.6 Å². The summed E-state index contributed by atoms with van der Waals surface area (Å²) >= 11 is 9.23. The van der Waals surface area contributed by atoms with E-state index in [1.165, 1.54) is 41.3 Å². The van der Waals surface area contributed by atoms with Crippen LogP contribution in [0.5, 0.6) is 0 Å². The average molecular weight is 516 g/mol. The number of benzene rings is 2. The molecular weight excluding hydrogens is 502 g/mol. The highest BCUT2D eigenvalue weighted by molar-refractivity contribution is 9.10. The SMILES string of the molecule is O=C1C(=O)N(c2ccc(Br)c[nH+]2)C(c2ccc([N+](=O)[O-])cc2)C1=C(O)c1ccc(Cl)cc1. The predicted octanol–water partition coefficient (Wildman–Crippen LogP) is 4.45. The number of carbonyl (C=O) groups excluding carboxylic acids is 2. The molecule has 32 heavy (non-hydrogen) atoms. The second kappa shape index (κ2) is 8.52. The van der Waals surface area contributed by atoms with Crippen LogP contribution in [0, 0.1) is 10.1 Å². The molecule has 2 N–H and O–H groups in total. The fourth-order valence-corrected chi connectivity index (χ4v) is 3.86. The zero-order valence-corrected chi connectivity index (χ0v) is 18.5. The summed E-state index contributed by atoms with van der Waals surface area (Å²) in [6.45, 7) is 0. The van der Waals surface area contributed by atoms with Gasteiger partial charge in [-0.05, 0) is 58.4 Å². The molecule has 1 fully saturated rings. The Morgan fingerprint density at radius 2 is 1.72 bits per heavy atom. The number of ketones is 1. The number of non-ortho nitro benzene ring substituents is 1. The van der Waals surface area contributed by atoms with E-state index in [2.05, 4.69) is 20.9 Å². The number of rotatable bonds is 4. The van der Waals surface area contributed by atoms with Crippen molar-refractivity contribution in [2.75, 3.05) is 4.90 Å². The van der Waals surface area contributed by atoms with E-state index in [0.717, 1.165) is 4.47 Å². The first-order valence-electron chi connectivity index (χ1n) is 9.26. The fourth-order valence-electron chi connectivity index (χ4n) is 3.49. The molecule has 2 aromatic carbocycles. The average Bonchev–Trinajstić information content (AvgIpc) is 3.05. The number of nitro groups is 1. The second-order valence-electron chi connectivity index (χ2n) is 6.92. The topological polar surface area (TPSA) is 115 Å². The lowest BCUT2D eigenvalue weighted by atomic mass is 9.95. The molecule has 1 aliphatic rings. The maximum atomic E-state index is 13.0. The van der Waals surface area contributed by atoms with E-state index < -0.39 is 22.7 Å². The predicted molar refractivity (Wildman–Crippen MR) is 120 cm³/mol. The van der Waals surface area contributed by atoms with E-state index >= 15 is 0 Å². The molecule has 160 valence electrons. The first kappa shape index (κ1) is 21.7. The third-order valence-corrected chi connectivity index (χ3v) is 5.74. The van der Waals surface area contributed by atoms with Gasteiger partial charge in [0, 0.05) is 34.3 Å². The summed E-state index contributed by atoms with van der Waals surface area (Å²) in [6, 6.07) is 13.9. The van der Waals surface area contributed by atoms with E-state index in [9.17, 15) is 24.8 Å². The van der Waals surface area contributed by atoms with Crippen LogP contribution in [0.3, 0.4) is 0 Å². The molecule has 1 aromatic heterocycles. The number of anilines is 1. The van der Waals surface area contributed by atoms with Crippen LogP contribution in [0.1, 0.15) is 17.2 Å². The van der Waals surface area contributed by atoms with Gasteiger partial charge >= 0.3 is 5.91 Å². The van der Waals surface area contributed by atoms with Crippen molar-refractivity contribution in [2.45, 2.75) is 6.04 Å². The van der Waals surface area contributed by atoms with E-state index in [4.69, 9.17) is 11.6 Å². The lowest BCUT2D eigenvalue weighted by Gasteiger charge is -2.18. The standard InChI is InChI=1S/C22H13BrClN3O5/c23-14-5-10-17(25-11-14)26-19(12-3-8-16(9-4-12)27(31)32)18(21(29)22(26)30)20(28)13-1-6-15(24)7-2-13/h1-11,19,28H/p+1. The number of hydrogen-bond acceptors (Lipinski definition) is 5. The van der Waals surface area contributed by atoms with Gasteiger partial charge in [-0.3, -0.25) is 14.9 Å². The number of carbonyl (C=O) groups is 2. The highest BCUT2D eigenvalue weighted by Gasteiger charge is 2.53. The van der Waals surface area contributed by atoms with Gasteiger partial charge < -0.3 is 5.11 Å². The Labute approximate surface area is 195 Å². The number of aliphatic hydroxyl groups is 1. The number of Topliss-reactive ketones (excluding diaryl/α,β-unsaturated/α-hetero) is 1. The van der Waals surface area contributed by atoms with Gasteiger partial charge in [0.1, 0.15) is 12.0 Å². The Morgan fingerprint density at radius 1 is 1.06 bits per heavy atom. The number of halogens is 2. The summed E-state index contributed by atoms with van der Waals surface area (Å²) in [5.41, 5.74) is 0.446. The molecule has 10 heteroatoms. The van der Waals surface area contributed by atoms with Gasteiger partial charge in [0.25, 0.3) is 17.3 Å². The van der Waals surface area contributed by atoms with Crippen molar-refractivity contribution in [1.82, 2.24) is 0 Å². The number of nitrogens with zero attached hydrogens (tertiary/aromatic N) is 2. The maximum absolute atomic E-state index is 13.0. The minimum Gasteiger partial charge on any atom is -0.507 e. The highest BCUT2D eigenvalue weighted by atomic mass is 79.9. The molecule has 0 aliphatic carbocycles. The zero-order valence-electron chi connectivity index (χ0n) is 16.2. The van der Waals surface area contributed by atoms with Crippen molar-refractivity contribution in [1.29, 1.82) is 0 Å². The van der Waals surface area contributed by atoms with Gasteiger partial charge in [-0.2, -0.15) is 4.90 Å². The van der Waals surface area contributed by atoms with Crippen LogP contribution >= 0.6 is 27.5 Å². The molecule has 0 radical (unpaired) electrons. The number of nitrogens with one attached hydrogen (secondary N) is 1. The molecule has 4 rings (SSSR count). The van der Waals surface area contributed by atoms with Gasteiger partial charge in [-0.25, -0.2) is 9.78 Å². The Morgan fingerprint density at radius 3 is 2.28 bits per heavy atom. The Kier molecular flexibility index (Phi) is 5.77. The van der Waals surface area contributed by atoms with Crippen molar-refractivity contribution in [2.24, 2.45) is 0 Å². The largest absolute Gasteiger partial charge is 0.507 e. The number of aromatic amines is 1. The Bertz CT molecular complexity index is 1260. The molecule has 1 atom stereocenters. The van der Waals surface area contributed by atoms with Crippen LogP contribution in [0.2, 0.25) is 5.02 Å². The summed E-state index contributed by atoms with van der Waals surface area (Å²) in [7, 11) is 0. The number of pyridine rings is 1.